The highest BCUT2D eigenvalue weighted by Crippen LogP contribution is 2.36. The van der Waals surface area contributed by atoms with Crippen LogP contribution in [0.1, 0.15) is 38.4 Å². The maximum Gasteiger partial charge on any atom is 0.319 e. The number of thioether (sulfide) groups is 1. The molecule has 0 aliphatic carbocycles. The summed E-state index contributed by atoms with van der Waals surface area (Å²) in [5.41, 5.74) is 1.84. The second kappa shape index (κ2) is 7.18. The molecule has 1 aliphatic heterocycles. The number of benzene rings is 1. The van der Waals surface area contributed by atoms with Gasteiger partial charge in [0.25, 0.3) is 0 Å². The molecule has 2 unspecified atom stereocenters. The molecule has 2 N–H and O–H groups in total. The first-order chi connectivity index (χ1) is 10.0. The number of hydrogen-bond acceptors (Lipinski definition) is 3. The van der Waals surface area contributed by atoms with Gasteiger partial charge < -0.3 is 15.4 Å². The SMILES string of the molecule is COC(C)c1cccc(NC(=O)NCC2(C)CCCS2)c1. The number of carbonyl (C=O) groups is 1. The molecule has 5 heteroatoms. The van der Waals surface area contributed by atoms with E-state index in [2.05, 4.69) is 17.6 Å². The molecule has 2 rings (SSSR count). The molecule has 2 atom stereocenters. The summed E-state index contributed by atoms with van der Waals surface area (Å²) in [6, 6.07) is 7.60. The summed E-state index contributed by atoms with van der Waals surface area (Å²) in [6.45, 7) is 4.90. The first-order valence-electron chi connectivity index (χ1n) is 7.34. The number of hydrogen-bond donors (Lipinski definition) is 2. The number of rotatable bonds is 5. The largest absolute Gasteiger partial charge is 0.377 e. The van der Waals surface area contributed by atoms with Gasteiger partial charge in [-0.15, -0.1) is 0 Å². The van der Waals surface area contributed by atoms with E-state index in [1.54, 1.807) is 7.11 Å². The lowest BCUT2D eigenvalue weighted by molar-refractivity contribution is 0.119. The first-order valence-corrected chi connectivity index (χ1v) is 8.32. The van der Waals surface area contributed by atoms with Gasteiger partial charge in [-0.2, -0.15) is 11.8 Å². The fraction of sp³-hybridized carbons (Fsp3) is 0.562. The number of amides is 2. The highest BCUT2D eigenvalue weighted by atomic mass is 32.2. The van der Waals surface area contributed by atoms with Gasteiger partial charge in [-0.25, -0.2) is 4.79 Å². The molecular weight excluding hydrogens is 284 g/mol. The van der Waals surface area contributed by atoms with E-state index in [0.717, 1.165) is 11.3 Å². The summed E-state index contributed by atoms with van der Waals surface area (Å²) in [6.07, 6.45) is 2.42. The lowest BCUT2D eigenvalue weighted by Gasteiger charge is -2.23. The fourth-order valence-corrected chi connectivity index (χ4v) is 3.67. The Morgan fingerprint density at radius 1 is 1.52 bits per heavy atom. The molecule has 2 amide bonds. The Morgan fingerprint density at radius 2 is 2.33 bits per heavy atom. The molecule has 4 nitrogen and oxygen atoms in total. The Balaban J connectivity index is 1.87. The minimum atomic E-state index is -0.147. The van der Waals surface area contributed by atoms with Crippen molar-refractivity contribution in [3.63, 3.8) is 0 Å². The van der Waals surface area contributed by atoms with Crippen LogP contribution < -0.4 is 10.6 Å². The average molecular weight is 308 g/mol. The quantitative estimate of drug-likeness (QED) is 0.870. The molecule has 0 bridgehead atoms. The molecule has 1 saturated heterocycles. The molecule has 0 aromatic heterocycles. The Bertz CT molecular complexity index is 487. The average Bonchev–Trinajstić information content (AvgIpc) is 2.92. The third kappa shape index (κ3) is 4.64. The number of urea groups is 1. The van der Waals surface area contributed by atoms with Gasteiger partial charge in [0.1, 0.15) is 0 Å². The van der Waals surface area contributed by atoms with Crippen molar-refractivity contribution >= 4 is 23.5 Å². The van der Waals surface area contributed by atoms with E-state index in [0.29, 0.717) is 6.54 Å². The van der Waals surface area contributed by atoms with Crippen LogP contribution in [-0.2, 0) is 4.74 Å². The first kappa shape index (κ1) is 16.2. The maximum absolute atomic E-state index is 12.0. The summed E-state index contributed by atoms with van der Waals surface area (Å²) in [5.74, 6) is 1.19. The van der Waals surface area contributed by atoms with Crippen molar-refractivity contribution in [2.24, 2.45) is 0 Å². The van der Waals surface area contributed by atoms with Crippen LogP contribution in [0.4, 0.5) is 10.5 Å². The van der Waals surface area contributed by atoms with Crippen LogP contribution in [0.5, 0.6) is 0 Å². The van der Waals surface area contributed by atoms with Gasteiger partial charge in [-0.3, -0.25) is 0 Å². The molecule has 1 fully saturated rings. The number of anilines is 1. The van der Waals surface area contributed by atoms with Crippen LogP contribution in [0.15, 0.2) is 24.3 Å². The predicted octanol–water partition coefficient (Wildman–Crippen LogP) is 3.80. The van der Waals surface area contributed by atoms with Crippen molar-refractivity contribution in [2.45, 2.75) is 37.5 Å². The Hall–Kier alpha value is -1.20. The summed E-state index contributed by atoms with van der Waals surface area (Å²) in [4.78, 5) is 12.0. The minimum Gasteiger partial charge on any atom is -0.377 e. The number of carbonyl (C=O) groups excluding carboxylic acids is 1. The van der Waals surface area contributed by atoms with Gasteiger partial charge in [0.15, 0.2) is 0 Å². The number of methoxy groups -OCH3 is 1. The molecular formula is C16H24N2O2S. The predicted molar refractivity (Wildman–Crippen MR) is 89.0 cm³/mol. The summed E-state index contributed by atoms with van der Waals surface area (Å²) in [7, 11) is 1.68. The van der Waals surface area contributed by atoms with E-state index < -0.39 is 0 Å². The van der Waals surface area contributed by atoms with E-state index in [9.17, 15) is 4.79 Å². The van der Waals surface area contributed by atoms with E-state index in [-0.39, 0.29) is 16.9 Å². The van der Waals surface area contributed by atoms with Crippen LogP contribution >= 0.6 is 11.8 Å². The normalized spacial score (nSPS) is 22.8. The van der Waals surface area contributed by atoms with Crippen LogP contribution in [0.25, 0.3) is 0 Å². The molecule has 116 valence electrons. The molecule has 0 spiro atoms. The van der Waals surface area contributed by atoms with Crippen molar-refractivity contribution in [3.05, 3.63) is 29.8 Å². The van der Waals surface area contributed by atoms with Crippen LogP contribution in [0.3, 0.4) is 0 Å². The molecule has 0 saturated carbocycles. The molecule has 1 heterocycles. The van der Waals surface area contributed by atoms with E-state index >= 15 is 0 Å². The highest BCUT2D eigenvalue weighted by molar-refractivity contribution is 8.00. The molecule has 21 heavy (non-hydrogen) atoms. The van der Waals surface area contributed by atoms with Gasteiger partial charge >= 0.3 is 6.03 Å². The van der Waals surface area contributed by atoms with Gasteiger partial charge in [0, 0.05) is 24.1 Å². The van der Waals surface area contributed by atoms with Crippen molar-refractivity contribution in [3.8, 4) is 0 Å². The van der Waals surface area contributed by atoms with Crippen molar-refractivity contribution in [1.82, 2.24) is 5.32 Å². The zero-order valence-electron chi connectivity index (χ0n) is 12.9. The number of nitrogens with one attached hydrogen (secondary N) is 2. The third-order valence-electron chi connectivity index (χ3n) is 3.89. The summed E-state index contributed by atoms with van der Waals surface area (Å²) in [5, 5.41) is 5.86. The van der Waals surface area contributed by atoms with Gasteiger partial charge in [-0.05, 0) is 50.1 Å². The Morgan fingerprint density at radius 3 is 3.00 bits per heavy atom. The number of ether oxygens (including phenoxy) is 1. The lowest BCUT2D eigenvalue weighted by Crippen LogP contribution is -2.39. The zero-order valence-corrected chi connectivity index (χ0v) is 13.8. The topological polar surface area (TPSA) is 50.4 Å². The van der Waals surface area contributed by atoms with Gasteiger partial charge in [-0.1, -0.05) is 12.1 Å². The van der Waals surface area contributed by atoms with Gasteiger partial charge in [0.05, 0.1) is 6.10 Å². The maximum atomic E-state index is 12.0. The monoisotopic (exact) mass is 308 g/mol. The van der Waals surface area contributed by atoms with E-state index in [1.807, 2.05) is 43.0 Å². The Labute approximate surface area is 131 Å². The van der Waals surface area contributed by atoms with Crippen LogP contribution in [0.2, 0.25) is 0 Å². The van der Waals surface area contributed by atoms with Crippen molar-refractivity contribution < 1.29 is 9.53 Å². The van der Waals surface area contributed by atoms with E-state index in [1.165, 1.54) is 18.6 Å². The van der Waals surface area contributed by atoms with Crippen molar-refractivity contribution in [1.29, 1.82) is 0 Å². The van der Waals surface area contributed by atoms with Crippen LogP contribution in [-0.4, -0.2) is 30.2 Å². The highest BCUT2D eigenvalue weighted by Gasteiger charge is 2.29. The molecule has 1 aromatic carbocycles. The molecule has 1 aliphatic rings. The summed E-state index contributed by atoms with van der Waals surface area (Å²) >= 11 is 1.94. The second-order valence-electron chi connectivity index (χ2n) is 5.71. The smallest absolute Gasteiger partial charge is 0.319 e. The Kier molecular flexibility index (Phi) is 5.53. The lowest BCUT2D eigenvalue weighted by atomic mass is 10.1. The minimum absolute atomic E-state index is 0.0172. The standard InChI is InChI=1S/C16H24N2O2S/c1-12(20-3)13-6-4-7-14(10-13)18-15(19)17-11-16(2)8-5-9-21-16/h4,6-7,10,12H,5,8-9,11H2,1-3H3,(H2,17,18,19). The molecule has 1 aromatic rings. The zero-order chi connectivity index (χ0) is 15.3. The second-order valence-corrected chi connectivity index (χ2v) is 7.40. The van der Waals surface area contributed by atoms with Crippen molar-refractivity contribution in [2.75, 3.05) is 24.7 Å². The summed E-state index contributed by atoms with van der Waals surface area (Å²) < 4.78 is 5.48. The van der Waals surface area contributed by atoms with E-state index in [4.69, 9.17) is 4.74 Å². The fourth-order valence-electron chi connectivity index (χ4n) is 2.42. The van der Waals surface area contributed by atoms with Crippen LogP contribution in [0, 0.1) is 0 Å². The third-order valence-corrected chi connectivity index (χ3v) is 5.43. The van der Waals surface area contributed by atoms with Gasteiger partial charge in [0.2, 0.25) is 0 Å². The molecule has 0 radical (unpaired) electrons.